The van der Waals surface area contributed by atoms with Crippen molar-refractivity contribution in [3.05, 3.63) is 33.3 Å². The largest absolute Gasteiger partial charge is 0.376 e. The fraction of sp³-hybridized carbons (Fsp3) is 0.500. The van der Waals surface area contributed by atoms with Gasteiger partial charge in [-0.25, -0.2) is 0 Å². The second-order valence-corrected chi connectivity index (χ2v) is 6.00. The second-order valence-electron chi connectivity index (χ2n) is 4.68. The van der Waals surface area contributed by atoms with Gasteiger partial charge >= 0.3 is 0 Å². The van der Waals surface area contributed by atoms with Crippen molar-refractivity contribution in [3.63, 3.8) is 0 Å². The van der Waals surface area contributed by atoms with Crippen molar-refractivity contribution >= 4 is 57.5 Å². The summed E-state index contributed by atoms with van der Waals surface area (Å²) in [7, 11) is 1.76. The fourth-order valence-electron chi connectivity index (χ4n) is 2.08. The summed E-state index contributed by atoms with van der Waals surface area (Å²) in [6.07, 6.45) is 2.56. The molecule has 0 aliphatic carbocycles. The van der Waals surface area contributed by atoms with Crippen LogP contribution in [0.5, 0.6) is 0 Å². The summed E-state index contributed by atoms with van der Waals surface area (Å²) in [5.74, 6) is 0.763. The maximum absolute atomic E-state index is 6.19. The lowest BCUT2D eigenvalue weighted by atomic mass is 10.2. The van der Waals surface area contributed by atoms with Crippen LogP contribution in [0.25, 0.3) is 0 Å². The summed E-state index contributed by atoms with van der Waals surface area (Å²) in [6, 6.07) is 5.86. The van der Waals surface area contributed by atoms with Gasteiger partial charge in [-0.05, 0) is 30.5 Å². The van der Waals surface area contributed by atoms with Crippen molar-refractivity contribution in [2.75, 3.05) is 20.2 Å². The van der Waals surface area contributed by atoms with E-state index >= 15 is 0 Å². The SMILES string of the molecule is CN=C(NCc1ccc(Br)cc1Cl)NCC1CCCO1.I. The molecule has 1 atom stereocenters. The van der Waals surface area contributed by atoms with Crippen LogP contribution in [0.4, 0.5) is 0 Å². The Hall–Kier alpha value is -0.0500. The maximum Gasteiger partial charge on any atom is 0.191 e. The molecule has 1 saturated heterocycles. The highest BCUT2D eigenvalue weighted by atomic mass is 127. The van der Waals surface area contributed by atoms with E-state index in [1.165, 1.54) is 0 Å². The van der Waals surface area contributed by atoms with Crippen molar-refractivity contribution in [2.45, 2.75) is 25.5 Å². The van der Waals surface area contributed by atoms with Crippen LogP contribution in [-0.4, -0.2) is 32.3 Å². The smallest absolute Gasteiger partial charge is 0.191 e. The Bertz CT molecular complexity index is 481. The molecule has 1 fully saturated rings. The van der Waals surface area contributed by atoms with E-state index in [0.717, 1.165) is 47.0 Å². The molecular formula is C14H20BrClIN3O. The second kappa shape index (κ2) is 9.86. The molecule has 7 heteroatoms. The number of nitrogens with one attached hydrogen (secondary N) is 2. The molecule has 0 saturated carbocycles. The van der Waals surface area contributed by atoms with Gasteiger partial charge < -0.3 is 15.4 Å². The van der Waals surface area contributed by atoms with Gasteiger partial charge in [0.1, 0.15) is 0 Å². The maximum atomic E-state index is 6.19. The Morgan fingerprint density at radius 1 is 1.48 bits per heavy atom. The van der Waals surface area contributed by atoms with Crippen molar-refractivity contribution < 1.29 is 4.74 Å². The molecule has 4 nitrogen and oxygen atoms in total. The standard InChI is InChI=1S/C14H19BrClN3O.HI/c1-17-14(19-9-12-3-2-6-20-12)18-8-10-4-5-11(15)7-13(10)16;/h4-5,7,12H,2-3,6,8-9H2,1H3,(H2,17,18,19);1H. The zero-order valence-electron chi connectivity index (χ0n) is 11.9. The van der Waals surface area contributed by atoms with Crippen LogP contribution >= 0.6 is 51.5 Å². The van der Waals surface area contributed by atoms with E-state index in [0.29, 0.717) is 12.6 Å². The summed E-state index contributed by atoms with van der Waals surface area (Å²) in [5.41, 5.74) is 1.04. The third kappa shape index (κ3) is 6.30. The molecule has 2 N–H and O–H groups in total. The first kappa shape index (κ1) is 19.0. The van der Waals surface area contributed by atoms with E-state index in [9.17, 15) is 0 Å². The molecule has 2 rings (SSSR count). The van der Waals surface area contributed by atoms with Gasteiger partial charge in [0.25, 0.3) is 0 Å². The van der Waals surface area contributed by atoms with Crippen molar-refractivity contribution in [2.24, 2.45) is 4.99 Å². The number of aliphatic imine (C=N–C) groups is 1. The van der Waals surface area contributed by atoms with Crippen molar-refractivity contribution in [3.8, 4) is 0 Å². The lowest BCUT2D eigenvalue weighted by Crippen LogP contribution is -2.40. The first-order chi connectivity index (χ1) is 9.69. The van der Waals surface area contributed by atoms with Gasteiger partial charge in [0.2, 0.25) is 0 Å². The molecule has 118 valence electrons. The van der Waals surface area contributed by atoms with E-state index in [2.05, 4.69) is 31.6 Å². The molecule has 21 heavy (non-hydrogen) atoms. The molecule has 1 aliphatic rings. The molecule has 1 aromatic carbocycles. The average molecular weight is 489 g/mol. The van der Waals surface area contributed by atoms with Crippen LogP contribution in [0.2, 0.25) is 5.02 Å². The summed E-state index contributed by atoms with van der Waals surface area (Å²) in [6.45, 7) is 2.29. The molecule has 0 amide bonds. The third-order valence-corrected chi connectivity index (χ3v) is 4.05. The molecule has 1 heterocycles. The van der Waals surface area contributed by atoms with Crippen LogP contribution in [0.1, 0.15) is 18.4 Å². The number of rotatable bonds is 4. The Balaban J connectivity index is 0.00000220. The van der Waals surface area contributed by atoms with E-state index in [-0.39, 0.29) is 24.0 Å². The van der Waals surface area contributed by atoms with E-state index in [1.807, 2.05) is 18.2 Å². The zero-order chi connectivity index (χ0) is 14.4. The number of nitrogens with zero attached hydrogens (tertiary/aromatic N) is 1. The number of halogens is 3. The number of benzene rings is 1. The van der Waals surface area contributed by atoms with Gasteiger partial charge in [-0.2, -0.15) is 0 Å². The van der Waals surface area contributed by atoms with Gasteiger partial charge in [-0.1, -0.05) is 33.6 Å². The molecule has 1 aromatic rings. The van der Waals surface area contributed by atoms with Crippen LogP contribution in [0, 0.1) is 0 Å². The van der Waals surface area contributed by atoms with E-state index < -0.39 is 0 Å². The molecule has 1 aliphatic heterocycles. The minimum atomic E-state index is 0. The number of guanidine groups is 1. The average Bonchev–Trinajstić information content (AvgIpc) is 2.94. The zero-order valence-corrected chi connectivity index (χ0v) is 16.5. The fourth-order valence-corrected chi connectivity index (χ4v) is 2.82. The molecule has 0 radical (unpaired) electrons. The topological polar surface area (TPSA) is 45.7 Å². The molecular weight excluding hydrogens is 468 g/mol. The van der Waals surface area contributed by atoms with Crippen LogP contribution < -0.4 is 10.6 Å². The lowest BCUT2D eigenvalue weighted by molar-refractivity contribution is 0.114. The first-order valence-electron chi connectivity index (χ1n) is 6.69. The minimum absolute atomic E-state index is 0. The molecule has 0 aromatic heterocycles. The van der Waals surface area contributed by atoms with Gasteiger partial charge in [-0.15, -0.1) is 24.0 Å². The van der Waals surface area contributed by atoms with Crippen molar-refractivity contribution in [1.82, 2.24) is 10.6 Å². The van der Waals surface area contributed by atoms with E-state index in [4.69, 9.17) is 16.3 Å². The normalized spacial score (nSPS) is 18.2. The highest BCUT2D eigenvalue weighted by Crippen LogP contribution is 2.21. The van der Waals surface area contributed by atoms with Crippen LogP contribution in [0.3, 0.4) is 0 Å². The molecule has 1 unspecified atom stereocenters. The van der Waals surface area contributed by atoms with Gasteiger partial charge in [0, 0.05) is 36.2 Å². The van der Waals surface area contributed by atoms with Gasteiger partial charge in [-0.3, -0.25) is 4.99 Å². The first-order valence-corrected chi connectivity index (χ1v) is 7.86. The quantitative estimate of drug-likeness (QED) is 0.387. The summed E-state index contributed by atoms with van der Waals surface area (Å²) >= 11 is 9.58. The number of hydrogen-bond donors (Lipinski definition) is 2. The Labute approximate surface area is 156 Å². The monoisotopic (exact) mass is 487 g/mol. The van der Waals surface area contributed by atoms with Crippen LogP contribution in [-0.2, 0) is 11.3 Å². The van der Waals surface area contributed by atoms with Gasteiger partial charge in [0.05, 0.1) is 6.10 Å². The Kier molecular flexibility index (Phi) is 8.92. The number of hydrogen-bond acceptors (Lipinski definition) is 2. The van der Waals surface area contributed by atoms with Gasteiger partial charge in [0.15, 0.2) is 5.96 Å². The highest BCUT2D eigenvalue weighted by Gasteiger charge is 2.15. The predicted molar refractivity (Wildman–Crippen MR) is 102 cm³/mol. The lowest BCUT2D eigenvalue weighted by Gasteiger charge is -2.15. The predicted octanol–water partition coefficient (Wildman–Crippen LogP) is 3.56. The summed E-state index contributed by atoms with van der Waals surface area (Å²) < 4.78 is 6.55. The summed E-state index contributed by atoms with van der Waals surface area (Å²) in [4.78, 5) is 4.20. The number of ether oxygens (including phenoxy) is 1. The minimum Gasteiger partial charge on any atom is -0.376 e. The van der Waals surface area contributed by atoms with E-state index in [1.54, 1.807) is 7.05 Å². The Morgan fingerprint density at radius 2 is 2.29 bits per heavy atom. The Morgan fingerprint density at radius 3 is 2.90 bits per heavy atom. The molecule has 0 spiro atoms. The summed E-state index contributed by atoms with van der Waals surface area (Å²) in [5, 5.41) is 7.26. The van der Waals surface area contributed by atoms with Crippen LogP contribution in [0.15, 0.2) is 27.7 Å². The van der Waals surface area contributed by atoms with Crippen molar-refractivity contribution in [1.29, 1.82) is 0 Å². The highest BCUT2D eigenvalue weighted by molar-refractivity contribution is 14.0. The third-order valence-electron chi connectivity index (χ3n) is 3.21. The molecule has 0 bridgehead atoms.